The second-order valence-corrected chi connectivity index (χ2v) is 6.92. The van der Waals surface area contributed by atoms with E-state index < -0.39 is 0 Å². The summed E-state index contributed by atoms with van der Waals surface area (Å²) in [5, 5.41) is 10.5. The number of hydrogen-bond donors (Lipinski definition) is 2. The van der Waals surface area contributed by atoms with Gasteiger partial charge in [0.25, 0.3) is 0 Å². The minimum atomic E-state index is -0.298. The molecule has 1 rings (SSSR count). The monoisotopic (exact) mass is 243 g/mol. The van der Waals surface area contributed by atoms with Crippen LogP contribution in [-0.4, -0.2) is 30.5 Å². The number of hydrogen-bond acceptors (Lipinski definition) is 3. The summed E-state index contributed by atoms with van der Waals surface area (Å²) in [5.41, 5.74) is 5.70. The normalized spacial score (nSPS) is 33.0. The van der Waals surface area contributed by atoms with Crippen molar-refractivity contribution in [3.63, 3.8) is 0 Å². The van der Waals surface area contributed by atoms with Crippen LogP contribution >= 0.6 is 0 Å². The van der Waals surface area contributed by atoms with Crippen molar-refractivity contribution in [3.05, 3.63) is 0 Å². The van der Waals surface area contributed by atoms with E-state index in [9.17, 15) is 5.11 Å². The van der Waals surface area contributed by atoms with Gasteiger partial charge < -0.3 is 15.6 Å². The topological polar surface area (TPSA) is 55.5 Å². The third-order valence-electron chi connectivity index (χ3n) is 4.77. The van der Waals surface area contributed by atoms with E-state index >= 15 is 0 Å². The summed E-state index contributed by atoms with van der Waals surface area (Å²) < 4.78 is 5.45. The number of aliphatic hydroxyl groups is 1. The fourth-order valence-electron chi connectivity index (χ4n) is 2.90. The number of ether oxygens (including phenoxy) is 1. The molecule has 0 saturated heterocycles. The van der Waals surface area contributed by atoms with Gasteiger partial charge in [-0.2, -0.15) is 0 Å². The van der Waals surface area contributed by atoms with Crippen LogP contribution in [-0.2, 0) is 4.74 Å². The van der Waals surface area contributed by atoms with E-state index in [1.807, 2.05) is 0 Å². The summed E-state index contributed by atoms with van der Waals surface area (Å²) in [6, 6.07) is 0. The third-order valence-corrected chi connectivity index (χ3v) is 4.77. The number of methoxy groups -OCH3 is 1. The minimum absolute atomic E-state index is 0.00339. The van der Waals surface area contributed by atoms with Crippen LogP contribution in [0.2, 0.25) is 0 Å². The summed E-state index contributed by atoms with van der Waals surface area (Å²) in [6.07, 6.45) is 3.66. The van der Waals surface area contributed by atoms with Crippen molar-refractivity contribution in [2.75, 3.05) is 13.7 Å². The summed E-state index contributed by atoms with van der Waals surface area (Å²) in [5.74, 6) is 0. The summed E-state index contributed by atoms with van der Waals surface area (Å²) in [4.78, 5) is 0. The fourth-order valence-corrected chi connectivity index (χ4v) is 2.90. The van der Waals surface area contributed by atoms with Crippen LogP contribution in [0.15, 0.2) is 0 Å². The van der Waals surface area contributed by atoms with Crippen LogP contribution in [0.5, 0.6) is 0 Å². The Labute approximate surface area is 106 Å². The average Bonchev–Trinajstić information content (AvgIpc) is 2.51. The van der Waals surface area contributed by atoms with Gasteiger partial charge in [0, 0.05) is 19.1 Å². The molecule has 1 saturated carbocycles. The maximum absolute atomic E-state index is 10.5. The first-order valence-electron chi connectivity index (χ1n) is 6.62. The van der Waals surface area contributed by atoms with Crippen LogP contribution in [0.1, 0.15) is 53.4 Å². The SMILES string of the molecule is COC(C)(C)CCC1(CN)CCC(C)(C)C1O. The van der Waals surface area contributed by atoms with Gasteiger partial charge in [-0.05, 0) is 44.9 Å². The number of aliphatic hydroxyl groups excluding tert-OH is 1. The Morgan fingerprint density at radius 3 is 2.29 bits per heavy atom. The van der Waals surface area contributed by atoms with Crippen LogP contribution in [0.25, 0.3) is 0 Å². The lowest BCUT2D eigenvalue weighted by atomic mass is 9.74. The van der Waals surface area contributed by atoms with Gasteiger partial charge >= 0.3 is 0 Å². The van der Waals surface area contributed by atoms with Crippen molar-refractivity contribution in [1.82, 2.24) is 0 Å². The third kappa shape index (κ3) is 3.01. The van der Waals surface area contributed by atoms with Gasteiger partial charge in [-0.3, -0.25) is 0 Å². The van der Waals surface area contributed by atoms with Gasteiger partial charge in [-0.15, -0.1) is 0 Å². The average molecular weight is 243 g/mol. The molecule has 0 aliphatic heterocycles. The molecule has 17 heavy (non-hydrogen) atoms. The molecule has 0 heterocycles. The van der Waals surface area contributed by atoms with Crippen molar-refractivity contribution in [3.8, 4) is 0 Å². The van der Waals surface area contributed by atoms with Gasteiger partial charge in [-0.25, -0.2) is 0 Å². The molecule has 0 aromatic carbocycles. The highest BCUT2D eigenvalue weighted by Gasteiger charge is 2.51. The molecule has 0 amide bonds. The molecule has 2 atom stereocenters. The lowest BCUT2D eigenvalue weighted by Crippen LogP contribution is -2.43. The number of nitrogens with two attached hydrogens (primary N) is 1. The maximum Gasteiger partial charge on any atom is 0.0659 e. The molecule has 1 fully saturated rings. The van der Waals surface area contributed by atoms with E-state index in [1.165, 1.54) is 0 Å². The second-order valence-electron chi connectivity index (χ2n) is 6.92. The largest absolute Gasteiger partial charge is 0.392 e. The second kappa shape index (κ2) is 4.87. The zero-order valence-electron chi connectivity index (χ0n) is 12.0. The van der Waals surface area contributed by atoms with E-state index in [0.29, 0.717) is 6.54 Å². The van der Waals surface area contributed by atoms with Gasteiger partial charge in [0.15, 0.2) is 0 Å². The molecule has 0 aromatic rings. The van der Waals surface area contributed by atoms with Crippen molar-refractivity contribution >= 4 is 0 Å². The summed E-state index contributed by atoms with van der Waals surface area (Å²) in [7, 11) is 1.74. The van der Waals surface area contributed by atoms with Crippen LogP contribution in [0.4, 0.5) is 0 Å². The molecule has 0 spiro atoms. The Bertz CT molecular complexity index is 263. The Kier molecular flexibility index (Phi) is 4.28. The van der Waals surface area contributed by atoms with Crippen molar-refractivity contribution in [2.45, 2.75) is 65.1 Å². The van der Waals surface area contributed by atoms with Gasteiger partial charge in [-0.1, -0.05) is 13.8 Å². The highest BCUT2D eigenvalue weighted by Crippen LogP contribution is 2.51. The van der Waals surface area contributed by atoms with Crippen molar-refractivity contribution in [1.29, 1.82) is 0 Å². The first kappa shape index (κ1) is 14.9. The van der Waals surface area contributed by atoms with Crippen LogP contribution in [0, 0.1) is 10.8 Å². The predicted octanol–water partition coefficient (Wildman–Crippen LogP) is 2.32. The first-order valence-corrected chi connectivity index (χ1v) is 6.62. The molecule has 102 valence electrons. The molecule has 0 aromatic heterocycles. The fraction of sp³-hybridized carbons (Fsp3) is 1.00. The summed E-state index contributed by atoms with van der Waals surface area (Å²) in [6.45, 7) is 9.01. The molecule has 1 aliphatic carbocycles. The molecule has 3 heteroatoms. The predicted molar refractivity (Wildman–Crippen MR) is 70.8 cm³/mol. The maximum atomic E-state index is 10.5. The standard InChI is InChI=1S/C14H29NO2/c1-12(2)6-8-14(10-15,11(12)16)9-7-13(3,4)17-5/h11,16H,6-10,15H2,1-5H3. The molecular formula is C14H29NO2. The zero-order chi connectivity index (χ0) is 13.3. The zero-order valence-corrected chi connectivity index (χ0v) is 12.0. The summed E-state index contributed by atoms with van der Waals surface area (Å²) >= 11 is 0. The van der Waals surface area contributed by atoms with E-state index in [0.717, 1.165) is 25.7 Å². The van der Waals surface area contributed by atoms with Gasteiger partial charge in [0.1, 0.15) is 0 Å². The van der Waals surface area contributed by atoms with Crippen LogP contribution in [0.3, 0.4) is 0 Å². The van der Waals surface area contributed by atoms with E-state index in [1.54, 1.807) is 7.11 Å². The van der Waals surface area contributed by atoms with Gasteiger partial charge in [0.05, 0.1) is 11.7 Å². The lowest BCUT2D eigenvalue weighted by molar-refractivity contribution is -0.0355. The van der Waals surface area contributed by atoms with Crippen LogP contribution < -0.4 is 5.73 Å². The van der Waals surface area contributed by atoms with Gasteiger partial charge in [0.2, 0.25) is 0 Å². The molecule has 1 aliphatic rings. The first-order chi connectivity index (χ1) is 7.69. The minimum Gasteiger partial charge on any atom is -0.392 e. The Hall–Kier alpha value is -0.120. The van der Waals surface area contributed by atoms with E-state index in [4.69, 9.17) is 10.5 Å². The quantitative estimate of drug-likeness (QED) is 0.779. The highest BCUT2D eigenvalue weighted by atomic mass is 16.5. The Morgan fingerprint density at radius 1 is 1.35 bits per heavy atom. The number of rotatable bonds is 5. The smallest absolute Gasteiger partial charge is 0.0659 e. The van der Waals surface area contributed by atoms with E-state index in [2.05, 4.69) is 27.7 Å². The highest BCUT2D eigenvalue weighted by molar-refractivity contribution is 5.02. The Balaban J connectivity index is 2.72. The van der Waals surface area contributed by atoms with Crippen molar-refractivity contribution < 1.29 is 9.84 Å². The Morgan fingerprint density at radius 2 is 1.94 bits per heavy atom. The molecular weight excluding hydrogens is 214 g/mol. The lowest BCUT2D eigenvalue weighted by Gasteiger charge is -2.38. The van der Waals surface area contributed by atoms with E-state index in [-0.39, 0.29) is 22.5 Å². The molecule has 3 nitrogen and oxygen atoms in total. The molecule has 3 N–H and O–H groups in total. The molecule has 0 bridgehead atoms. The molecule has 2 unspecified atom stereocenters. The van der Waals surface area contributed by atoms with Crippen molar-refractivity contribution in [2.24, 2.45) is 16.6 Å². The molecule has 0 radical (unpaired) electrons.